The van der Waals surface area contributed by atoms with E-state index in [0.717, 1.165) is 0 Å². The second-order valence-electron chi connectivity index (χ2n) is 5.37. The van der Waals surface area contributed by atoms with Crippen molar-refractivity contribution in [2.45, 2.75) is 13.3 Å². The van der Waals surface area contributed by atoms with Gasteiger partial charge >= 0.3 is 0 Å². The van der Waals surface area contributed by atoms with Crippen molar-refractivity contribution in [1.29, 1.82) is 0 Å². The zero-order valence-corrected chi connectivity index (χ0v) is 12.8. The Kier molecular flexibility index (Phi) is 4.82. The van der Waals surface area contributed by atoms with Gasteiger partial charge in [-0.15, -0.1) is 6.58 Å². The summed E-state index contributed by atoms with van der Waals surface area (Å²) in [4.78, 5) is 23.7. The number of hydrogen-bond acceptors (Lipinski definition) is 4. The van der Waals surface area contributed by atoms with Gasteiger partial charge in [-0.1, -0.05) is 6.08 Å². The van der Waals surface area contributed by atoms with E-state index in [2.05, 4.69) is 17.2 Å². The maximum absolute atomic E-state index is 12.4. The van der Waals surface area contributed by atoms with Crippen LogP contribution in [0.25, 0.3) is 0 Å². The lowest BCUT2D eigenvalue weighted by atomic mass is 9.86. The molecule has 0 unspecified atom stereocenters. The average molecular weight is 304 g/mol. The fourth-order valence-corrected chi connectivity index (χ4v) is 2.05. The number of ether oxygens (including phenoxy) is 2. The zero-order chi connectivity index (χ0) is 16.2. The van der Waals surface area contributed by atoms with E-state index in [1.54, 1.807) is 31.4 Å². The van der Waals surface area contributed by atoms with Gasteiger partial charge in [-0.3, -0.25) is 9.59 Å². The van der Waals surface area contributed by atoms with Crippen molar-refractivity contribution in [3.63, 3.8) is 0 Å². The molecule has 1 aromatic rings. The molecule has 22 heavy (non-hydrogen) atoms. The smallest absolute Gasteiger partial charge is 0.262 e. The van der Waals surface area contributed by atoms with Crippen LogP contribution in [0.5, 0.6) is 5.75 Å². The van der Waals surface area contributed by atoms with E-state index >= 15 is 0 Å². The molecular formula is C16H20N2O4. The molecule has 0 aliphatic carbocycles. The number of methoxy groups -OCH3 is 1. The van der Waals surface area contributed by atoms with E-state index in [-0.39, 0.29) is 18.4 Å². The molecule has 0 radical (unpaired) electrons. The topological polar surface area (TPSA) is 76.7 Å². The van der Waals surface area contributed by atoms with Crippen LogP contribution in [-0.4, -0.2) is 32.1 Å². The maximum Gasteiger partial charge on any atom is 0.262 e. The molecule has 6 nitrogen and oxygen atoms in total. The summed E-state index contributed by atoms with van der Waals surface area (Å²) >= 11 is 0. The van der Waals surface area contributed by atoms with Gasteiger partial charge in [-0.25, -0.2) is 0 Å². The Hall–Kier alpha value is -2.34. The number of nitrogens with one attached hydrogen (secondary N) is 2. The Balaban J connectivity index is 2.11. The first-order valence-electron chi connectivity index (χ1n) is 6.99. The average Bonchev–Trinajstić information content (AvgIpc) is 2.52. The third-order valence-electron chi connectivity index (χ3n) is 3.67. The number of hydrogen-bond donors (Lipinski definition) is 2. The monoisotopic (exact) mass is 304 g/mol. The highest BCUT2D eigenvalue weighted by Gasteiger charge is 2.29. The van der Waals surface area contributed by atoms with E-state index in [0.29, 0.717) is 30.2 Å². The Morgan fingerprint density at radius 2 is 2.36 bits per heavy atom. The van der Waals surface area contributed by atoms with Crippen molar-refractivity contribution in [3.8, 4) is 5.75 Å². The molecule has 1 aliphatic rings. The summed E-state index contributed by atoms with van der Waals surface area (Å²) < 4.78 is 10.4. The van der Waals surface area contributed by atoms with Crippen molar-refractivity contribution in [2.24, 2.45) is 5.41 Å². The minimum Gasteiger partial charge on any atom is -0.482 e. The molecule has 2 amide bonds. The molecular weight excluding hydrogens is 284 g/mol. The van der Waals surface area contributed by atoms with Crippen LogP contribution >= 0.6 is 0 Å². The number of benzene rings is 1. The van der Waals surface area contributed by atoms with Gasteiger partial charge in [0.25, 0.3) is 5.91 Å². The summed E-state index contributed by atoms with van der Waals surface area (Å²) in [6.07, 6.45) is 2.16. The summed E-state index contributed by atoms with van der Waals surface area (Å²) in [6, 6.07) is 5.10. The van der Waals surface area contributed by atoms with E-state index in [1.807, 2.05) is 6.92 Å². The molecule has 6 heteroatoms. The highest BCUT2D eigenvalue weighted by Crippen LogP contribution is 2.32. The Bertz CT molecular complexity index is 600. The predicted molar refractivity (Wildman–Crippen MR) is 84.0 cm³/mol. The molecule has 2 rings (SSSR count). The van der Waals surface area contributed by atoms with Gasteiger partial charge in [0.15, 0.2) is 6.61 Å². The third kappa shape index (κ3) is 3.46. The lowest BCUT2D eigenvalue weighted by Gasteiger charge is -2.25. The van der Waals surface area contributed by atoms with Gasteiger partial charge in [-0.2, -0.15) is 0 Å². The predicted octanol–water partition coefficient (Wildman–Crippen LogP) is 2.18. The van der Waals surface area contributed by atoms with Crippen molar-refractivity contribution >= 4 is 23.2 Å². The molecule has 0 saturated heterocycles. The van der Waals surface area contributed by atoms with Crippen molar-refractivity contribution in [1.82, 2.24) is 0 Å². The van der Waals surface area contributed by atoms with Crippen LogP contribution in [0.1, 0.15) is 13.3 Å². The van der Waals surface area contributed by atoms with E-state index in [9.17, 15) is 9.59 Å². The Morgan fingerprint density at radius 3 is 3.05 bits per heavy atom. The standard InChI is InChI=1S/C16H20N2O4/c1-4-16(2,7-8-21-3)15(20)17-11-5-6-12-13(9-11)22-10-14(19)18-12/h4-6,9H,1,7-8,10H2,2-3H3,(H,17,20)(H,18,19)/t16-/m1/s1. The van der Waals surface area contributed by atoms with Crippen LogP contribution in [0.2, 0.25) is 0 Å². The molecule has 0 bridgehead atoms. The van der Waals surface area contributed by atoms with Crippen molar-refractivity contribution in [2.75, 3.05) is 31.0 Å². The third-order valence-corrected chi connectivity index (χ3v) is 3.67. The van der Waals surface area contributed by atoms with Gasteiger partial charge in [0.1, 0.15) is 5.75 Å². The Morgan fingerprint density at radius 1 is 1.59 bits per heavy atom. The SMILES string of the molecule is C=C[C@](C)(CCOC)C(=O)Nc1ccc2c(c1)OCC(=O)N2. The molecule has 0 saturated carbocycles. The highest BCUT2D eigenvalue weighted by atomic mass is 16.5. The summed E-state index contributed by atoms with van der Waals surface area (Å²) in [5, 5.41) is 5.55. The number of amides is 2. The fourth-order valence-electron chi connectivity index (χ4n) is 2.05. The molecule has 0 spiro atoms. The first kappa shape index (κ1) is 16.0. The largest absolute Gasteiger partial charge is 0.482 e. The zero-order valence-electron chi connectivity index (χ0n) is 12.8. The number of fused-ring (bicyclic) bond motifs is 1. The quantitative estimate of drug-likeness (QED) is 0.790. The normalized spacial score (nSPS) is 15.8. The summed E-state index contributed by atoms with van der Waals surface area (Å²) in [5.41, 5.74) is 0.478. The fraction of sp³-hybridized carbons (Fsp3) is 0.375. The maximum atomic E-state index is 12.4. The van der Waals surface area contributed by atoms with Crippen molar-refractivity contribution < 1.29 is 19.1 Å². The summed E-state index contributed by atoms with van der Waals surface area (Å²) in [5.74, 6) is 0.178. The lowest BCUT2D eigenvalue weighted by molar-refractivity contribution is -0.123. The van der Waals surface area contributed by atoms with Crippen LogP contribution in [-0.2, 0) is 14.3 Å². The van der Waals surface area contributed by atoms with Crippen LogP contribution in [0, 0.1) is 5.41 Å². The molecule has 1 atom stereocenters. The van der Waals surface area contributed by atoms with Gasteiger partial charge in [0.05, 0.1) is 11.1 Å². The second-order valence-corrected chi connectivity index (χ2v) is 5.37. The first-order chi connectivity index (χ1) is 10.5. The first-order valence-corrected chi connectivity index (χ1v) is 6.99. The highest BCUT2D eigenvalue weighted by molar-refractivity contribution is 5.98. The van der Waals surface area contributed by atoms with Crippen LogP contribution in [0.4, 0.5) is 11.4 Å². The number of anilines is 2. The number of carbonyl (C=O) groups excluding carboxylic acids is 2. The van der Waals surface area contributed by atoms with Crippen LogP contribution < -0.4 is 15.4 Å². The Labute approximate surface area is 129 Å². The second kappa shape index (κ2) is 6.62. The number of carbonyl (C=O) groups is 2. The minimum atomic E-state index is -0.721. The lowest BCUT2D eigenvalue weighted by Crippen LogP contribution is -2.33. The molecule has 0 fully saturated rings. The van der Waals surface area contributed by atoms with E-state index in [1.165, 1.54) is 0 Å². The van der Waals surface area contributed by atoms with Gasteiger partial charge < -0.3 is 20.1 Å². The van der Waals surface area contributed by atoms with Crippen LogP contribution in [0.3, 0.4) is 0 Å². The minimum absolute atomic E-state index is 0.0252. The van der Waals surface area contributed by atoms with Gasteiger partial charge in [-0.05, 0) is 25.5 Å². The molecule has 1 aliphatic heterocycles. The van der Waals surface area contributed by atoms with Gasteiger partial charge in [0.2, 0.25) is 5.91 Å². The summed E-state index contributed by atoms with van der Waals surface area (Å²) in [7, 11) is 1.59. The van der Waals surface area contributed by atoms with Gasteiger partial charge in [0, 0.05) is 25.5 Å². The molecule has 118 valence electrons. The van der Waals surface area contributed by atoms with Crippen molar-refractivity contribution in [3.05, 3.63) is 30.9 Å². The van der Waals surface area contributed by atoms with E-state index < -0.39 is 5.41 Å². The van der Waals surface area contributed by atoms with E-state index in [4.69, 9.17) is 9.47 Å². The summed E-state index contributed by atoms with van der Waals surface area (Å²) in [6.45, 7) is 5.99. The molecule has 1 aromatic carbocycles. The molecule has 0 aromatic heterocycles. The molecule has 1 heterocycles. The van der Waals surface area contributed by atoms with Crippen LogP contribution in [0.15, 0.2) is 30.9 Å². The molecule has 2 N–H and O–H groups in total. The number of rotatable bonds is 6.